The Kier molecular flexibility index (Phi) is 5.98. The number of carbonyl (C=O) groups is 1. The number of ether oxygens (including phenoxy) is 1. The minimum absolute atomic E-state index is 0.217. The third-order valence-corrected chi connectivity index (χ3v) is 4.45. The van der Waals surface area contributed by atoms with E-state index in [-0.39, 0.29) is 6.03 Å². The second-order valence-corrected chi connectivity index (χ2v) is 6.11. The van der Waals surface area contributed by atoms with Gasteiger partial charge in [0.1, 0.15) is 0 Å². The summed E-state index contributed by atoms with van der Waals surface area (Å²) in [7, 11) is 0. The van der Waals surface area contributed by atoms with Gasteiger partial charge in [0.25, 0.3) is 0 Å². The van der Waals surface area contributed by atoms with E-state index in [1.807, 2.05) is 24.3 Å². The number of nitrogens with zero attached hydrogens (tertiary/aromatic N) is 2. The lowest BCUT2D eigenvalue weighted by molar-refractivity contribution is 0.0198. The predicted octanol–water partition coefficient (Wildman–Crippen LogP) is 2.80. The van der Waals surface area contributed by atoms with Crippen LogP contribution in [0.5, 0.6) is 0 Å². The predicted molar refractivity (Wildman–Crippen MR) is 97.3 cm³/mol. The fourth-order valence-corrected chi connectivity index (χ4v) is 2.88. The standard InChI is InChI=1S/C19H24N4O2/c1-15(23-10-12-25-13-11-23)17-2-4-18(5-3-17)22-19(24)21-14-16-6-8-20-9-7-16/h2-9,15H,10-14H2,1H3,(H2,21,22,24)/t15-/m1/s1. The Labute approximate surface area is 148 Å². The first-order chi connectivity index (χ1) is 12.2. The van der Waals surface area contributed by atoms with Crippen LogP contribution in [0, 0.1) is 0 Å². The highest BCUT2D eigenvalue weighted by atomic mass is 16.5. The van der Waals surface area contributed by atoms with E-state index in [1.165, 1.54) is 5.56 Å². The van der Waals surface area contributed by atoms with Gasteiger partial charge in [0.15, 0.2) is 0 Å². The van der Waals surface area contributed by atoms with Gasteiger partial charge in [0.05, 0.1) is 13.2 Å². The van der Waals surface area contributed by atoms with Gasteiger partial charge in [-0.3, -0.25) is 9.88 Å². The minimum Gasteiger partial charge on any atom is -0.379 e. The highest BCUT2D eigenvalue weighted by molar-refractivity contribution is 5.89. The summed E-state index contributed by atoms with van der Waals surface area (Å²) in [6, 6.07) is 11.9. The van der Waals surface area contributed by atoms with Gasteiger partial charge in [-0.1, -0.05) is 12.1 Å². The summed E-state index contributed by atoms with van der Waals surface area (Å²) in [5.74, 6) is 0. The van der Waals surface area contributed by atoms with E-state index in [1.54, 1.807) is 12.4 Å². The number of aromatic nitrogens is 1. The van der Waals surface area contributed by atoms with Gasteiger partial charge in [0.2, 0.25) is 0 Å². The number of hydrogen-bond acceptors (Lipinski definition) is 4. The van der Waals surface area contributed by atoms with Gasteiger partial charge < -0.3 is 15.4 Å². The van der Waals surface area contributed by atoms with Crippen molar-refractivity contribution in [3.8, 4) is 0 Å². The molecule has 2 heterocycles. The number of rotatable bonds is 5. The van der Waals surface area contributed by atoms with Crippen molar-refractivity contribution in [1.29, 1.82) is 0 Å². The number of benzene rings is 1. The molecule has 1 aliphatic rings. The maximum atomic E-state index is 12.0. The number of amides is 2. The molecule has 0 saturated carbocycles. The monoisotopic (exact) mass is 340 g/mol. The first-order valence-corrected chi connectivity index (χ1v) is 8.58. The summed E-state index contributed by atoms with van der Waals surface area (Å²) in [5, 5.41) is 5.70. The highest BCUT2D eigenvalue weighted by Gasteiger charge is 2.18. The summed E-state index contributed by atoms with van der Waals surface area (Å²) in [5.41, 5.74) is 3.04. The molecule has 1 atom stereocenters. The first kappa shape index (κ1) is 17.4. The van der Waals surface area contributed by atoms with Crippen molar-refractivity contribution in [3.63, 3.8) is 0 Å². The molecular formula is C19H24N4O2. The van der Waals surface area contributed by atoms with Crippen molar-refractivity contribution >= 4 is 11.7 Å². The van der Waals surface area contributed by atoms with Gasteiger partial charge >= 0.3 is 6.03 Å². The number of hydrogen-bond donors (Lipinski definition) is 2. The quantitative estimate of drug-likeness (QED) is 0.878. The van der Waals surface area contributed by atoms with Crippen LogP contribution in [-0.2, 0) is 11.3 Å². The molecule has 132 valence electrons. The van der Waals surface area contributed by atoms with Crippen molar-refractivity contribution in [2.75, 3.05) is 31.6 Å². The van der Waals surface area contributed by atoms with Crippen LogP contribution in [0.2, 0.25) is 0 Å². The number of morpholine rings is 1. The van der Waals surface area contributed by atoms with Gasteiger partial charge in [-0.15, -0.1) is 0 Å². The summed E-state index contributed by atoms with van der Waals surface area (Å²) in [6.45, 7) is 6.18. The molecule has 0 unspecified atom stereocenters. The zero-order chi connectivity index (χ0) is 17.5. The Hall–Kier alpha value is -2.44. The van der Waals surface area contributed by atoms with Crippen LogP contribution in [0.1, 0.15) is 24.1 Å². The molecule has 2 aromatic rings. The molecule has 1 aliphatic heterocycles. The lowest BCUT2D eigenvalue weighted by Crippen LogP contribution is -2.38. The van der Waals surface area contributed by atoms with Crippen LogP contribution in [0.15, 0.2) is 48.8 Å². The molecule has 1 aromatic heterocycles. The molecular weight excluding hydrogens is 316 g/mol. The van der Waals surface area contributed by atoms with Crippen LogP contribution in [-0.4, -0.2) is 42.2 Å². The number of nitrogens with one attached hydrogen (secondary N) is 2. The third kappa shape index (κ3) is 5.01. The van der Waals surface area contributed by atoms with E-state index in [0.717, 1.165) is 37.6 Å². The van der Waals surface area contributed by atoms with Crippen molar-refractivity contribution in [2.24, 2.45) is 0 Å². The normalized spacial score (nSPS) is 16.2. The molecule has 2 amide bonds. The number of anilines is 1. The highest BCUT2D eigenvalue weighted by Crippen LogP contribution is 2.22. The maximum Gasteiger partial charge on any atom is 0.319 e. The van der Waals surface area contributed by atoms with Crippen molar-refractivity contribution in [2.45, 2.75) is 19.5 Å². The second-order valence-electron chi connectivity index (χ2n) is 6.11. The molecule has 0 aliphatic carbocycles. The van der Waals surface area contributed by atoms with Gasteiger partial charge in [-0.05, 0) is 42.3 Å². The van der Waals surface area contributed by atoms with Crippen LogP contribution in [0.25, 0.3) is 0 Å². The number of pyridine rings is 1. The summed E-state index contributed by atoms with van der Waals surface area (Å²) < 4.78 is 5.40. The molecule has 3 rings (SSSR count). The van der Waals surface area contributed by atoms with E-state index in [0.29, 0.717) is 12.6 Å². The molecule has 2 N–H and O–H groups in total. The summed E-state index contributed by atoms with van der Waals surface area (Å²) in [6.07, 6.45) is 3.42. The Bertz CT molecular complexity index is 670. The largest absolute Gasteiger partial charge is 0.379 e. The topological polar surface area (TPSA) is 66.5 Å². The molecule has 6 nitrogen and oxygen atoms in total. The number of urea groups is 1. The fraction of sp³-hybridized carbons (Fsp3) is 0.368. The van der Waals surface area contributed by atoms with E-state index < -0.39 is 0 Å². The fourth-order valence-electron chi connectivity index (χ4n) is 2.88. The first-order valence-electron chi connectivity index (χ1n) is 8.58. The van der Waals surface area contributed by atoms with Gasteiger partial charge in [-0.25, -0.2) is 4.79 Å². The van der Waals surface area contributed by atoms with Crippen molar-refractivity contribution in [3.05, 3.63) is 59.9 Å². The van der Waals surface area contributed by atoms with Crippen LogP contribution >= 0.6 is 0 Å². The average Bonchev–Trinajstić information content (AvgIpc) is 2.68. The van der Waals surface area contributed by atoms with E-state index in [2.05, 4.69) is 39.6 Å². The molecule has 25 heavy (non-hydrogen) atoms. The van der Waals surface area contributed by atoms with Crippen LogP contribution in [0.4, 0.5) is 10.5 Å². The van der Waals surface area contributed by atoms with Crippen molar-refractivity contribution < 1.29 is 9.53 Å². The summed E-state index contributed by atoms with van der Waals surface area (Å²) in [4.78, 5) is 18.4. The molecule has 1 saturated heterocycles. The molecule has 1 aromatic carbocycles. The van der Waals surface area contributed by atoms with Gasteiger partial charge in [-0.2, -0.15) is 0 Å². The Morgan fingerprint density at radius 3 is 2.52 bits per heavy atom. The Morgan fingerprint density at radius 2 is 1.84 bits per heavy atom. The van der Waals surface area contributed by atoms with Crippen LogP contribution < -0.4 is 10.6 Å². The zero-order valence-electron chi connectivity index (χ0n) is 14.4. The smallest absolute Gasteiger partial charge is 0.319 e. The Morgan fingerprint density at radius 1 is 1.16 bits per heavy atom. The molecule has 1 fully saturated rings. The van der Waals surface area contributed by atoms with E-state index in [9.17, 15) is 4.79 Å². The second kappa shape index (κ2) is 8.60. The lowest BCUT2D eigenvalue weighted by Gasteiger charge is -2.32. The summed E-state index contributed by atoms with van der Waals surface area (Å²) >= 11 is 0. The lowest BCUT2D eigenvalue weighted by atomic mass is 10.1. The SMILES string of the molecule is C[C@H](c1ccc(NC(=O)NCc2ccncc2)cc1)N1CCOCC1. The molecule has 6 heteroatoms. The number of carbonyl (C=O) groups excluding carboxylic acids is 1. The third-order valence-electron chi connectivity index (χ3n) is 4.45. The van der Waals surface area contributed by atoms with Gasteiger partial charge in [0, 0.05) is 43.8 Å². The molecule has 0 radical (unpaired) electrons. The molecule has 0 spiro atoms. The Balaban J connectivity index is 1.50. The van der Waals surface area contributed by atoms with E-state index >= 15 is 0 Å². The van der Waals surface area contributed by atoms with Crippen LogP contribution in [0.3, 0.4) is 0 Å². The maximum absolute atomic E-state index is 12.0. The zero-order valence-corrected chi connectivity index (χ0v) is 14.4. The minimum atomic E-state index is -0.217. The average molecular weight is 340 g/mol. The molecule has 0 bridgehead atoms. The van der Waals surface area contributed by atoms with Crippen molar-refractivity contribution in [1.82, 2.24) is 15.2 Å². The van der Waals surface area contributed by atoms with E-state index in [4.69, 9.17) is 4.74 Å².